The molecule has 0 aliphatic heterocycles. The first kappa shape index (κ1) is 81.7. The maximum atomic E-state index is 2.43. The highest BCUT2D eigenvalue weighted by Crippen LogP contribution is 2.51. The van der Waals surface area contributed by atoms with Gasteiger partial charge in [-0.1, -0.05) is 455 Å². The third-order valence-electron chi connectivity index (χ3n) is 23.7. The van der Waals surface area contributed by atoms with E-state index in [1.165, 1.54) is 134 Å². The fourth-order valence-electron chi connectivity index (χ4n) is 17.1. The van der Waals surface area contributed by atoms with E-state index in [9.17, 15) is 0 Å². The molecule has 21 aromatic rings. The second-order valence-corrected chi connectivity index (χ2v) is 31.9. The zero-order chi connectivity index (χ0) is 86.5. The average Bonchev–Trinajstić information content (AvgIpc) is 0.735. The second kappa shape index (κ2) is 39.7. The van der Waals surface area contributed by atoms with Gasteiger partial charge in [0.25, 0.3) is 0 Å². The minimum absolute atomic E-state index is 1.09. The lowest BCUT2D eigenvalue weighted by atomic mass is 9.89. The highest BCUT2D eigenvalue weighted by atomic mass is 15.2. The molecule has 0 aliphatic rings. The Hall–Kier alpha value is -17.0. The molecule has 612 valence electrons. The largest absolute Gasteiger partial charge is 0.311 e. The van der Waals surface area contributed by atoms with Crippen molar-refractivity contribution in [3.05, 3.63) is 564 Å². The van der Waals surface area contributed by atoms with E-state index in [1.54, 1.807) is 0 Å². The van der Waals surface area contributed by atoms with Crippen LogP contribution in [0.15, 0.2) is 564 Å². The molecule has 129 heavy (non-hydrogen) atoms. The molecule has 3 nitrogen and oxygen atoms in total. The summed E-state index contributed by atoms with van der Waals surface area (Å²) in [6.45, 7) is 0. The molecule has 0 aliphatic carbocycles. The van der Waals surface area contributed by atoms with Crippen LogP contribution in [0.2, 0.25) is 0 Å². The van der Waals surface area contributed by atoms with Gasteiger partial charge in [0, 0.05) is 56.5 Å². The summed E-state index contributed by atoms with van der Waals surface area (Å²) in [7, 11) is 0. The van der Waals surface area contributed by atoms with Gasteiger partial charge in [-0.3, -0.25) is 0 Å². The van der Waals surface area contributed by atoms with Gasteiger partial charge in [0.2, 0.25) is 0 Å². The molecule has 0 aromatic heterocycles. The maximum Gasteiger partial charge on any atom is 0.0618 e. The Balaban J connectivity index is 0.000000127. The topological polar surface area (TPSA) is 9.72 Å². The highest BCUT2D eigenvalue weighted by molar-refractivity contribution is 6.01. The summed E-state index contributed by atoms with van der Waals surface area (Å²) >= 11 is 0. The molecule has 0 unspecified atom stereocenters. The predicted molar refractivity (Wildman–Crippen MR) is 549 cm³/mol. The van der Waals surface area contributed by atoms with Gasteiger partial charge in [0.15, 0.2) is 0 Å². The standard InChI is InChI=1S/C48H35N.C42H31N.C36H27N/c1-6-16-36(17-7-1)39-26-30-44(31-27-39)49(45-32-28-40(29-33-45)37-18-8-2-9-19-37)48-46(41-22-12-4-13-23-41)34-43(38-20-10-3-11-21-38)35-47(48)42-24-14-5-15-25-42;1-4-13-32(14-5-1)34-23-27-39(28-24-34)43(42-22-11-10-21-41(42)36-17-8-3-9-18-36)40-29-25-35(26-30-40)38-20-12-19-37(31-38)33-15-6-2-7-16-33;1-4-10-28(11-5-1)31-16-22-34(23-17-31)37(35-24-18-32(19-25-35)29-12-6-2-7-13-29)36-26-20-33(21-27-36)30-14-8-3-9-15-30/h1-35H;1-31H;1-27H. The van der Waals surface area contributed by atoms with Crippen LogP contribution in [0.3, 0.4) is 0 Å². The van der Waals surface area contributed by atoms with Crippen molar-refractivity contribution < 1.29 is 0 Å². The molecular formula is C126H93N3. The third kappa shape index (κ3) is 19.2. The second-order valence-electron chi connectivity index (χ2n) is 31.9. The molecule has 0 saturated heterocycles. The van der Waals surface area contributed by atoms with Crippen LogP contribution in [0.25, 0.3) is 134 Å². The van der Waals surface area contributed by atoms with Crippen molar-refractivity contribution in [3.8, 4) is 134 Å². The molecular weight excluding hydrogens is 1560 g/mol. The van der Waals surface area contributed by atoms with Crippen molar-refractivity contribution in [3.63, 3.8) is 0 Å². The molecule has 0 atom stereocenters. The molecule has 0 bridgehead atoms. The first-order valence-corrected chi connectivity index (χ1v) is 44.1. The van der Waals surface area contributed by atoms with E-state index >= 15 is 0 Å². The van der Waals surface area contributed by atoms with Gasteiger partial charge in [0.1, 0.15) is 0 Å². The smallest absolute Gasteiger partial charge is 0.0618 e. The Bertz CT molecular complexity index is 6780. The summed E-state index contributed by atoms with van der Waals surface area (Å²) in [4.78, 5) is 7.11. The van der Waals surface area contributed by atoms with Crippen molar-refractivity contribution in [2.45, 2.75) is 0 Å². The number of anilines is 9. The first-order chi connectivity index (χ1) is 64.0. The van der Waals surface area contributed by atoms with Gasteiger partial charge in [-0.05, 0) is 226 Å². The molecule has 0 amide bonds. The molecule has 3 heteroatoms. The summed E-state index contributed by atoms with van der Waals surface area (Å²) in [6.07, 6.45) is 0. The first-order valence-electron chi connectivity index (χ1n) is 44.1. The van der Waals surface area contributed by atoms with Crippen LogP contribution < -0.4 is 14.7 Å². The lowest BCUT2D eigenvalue weighted by Crippen LogP contribution is -2.13. The quantitative estimate of drug-likeness (QED) is 0.0710. The number of rotatable bonds is 21. The maximum absolute atomic E-state index is 2.43. The Labute approximate surface area is 758 Å². The SMILES string of the molecule is c1ccc(-c2ccc(N(c3ccc(-c4cccc(-c5ccccc5)c4)cc3)c3ccccc3-c3ccccc3)cc2)cc1.c1ccc(-c2ccc(N(c3ccc(-c4ccccc4)cc3)c3c(-c4ccccc4)cc(-c4ccccc4)cc3-c3ccccc3)cc2)cc1.c1ccc(-c2ccc(N(c3ccc(-c4ccccc4)cc3)c3ccc(-c4ccccc4)cc3)cc2)cc1. The molecule has 0 radical (unpaired) electrons. The number of nitrogens with zero attached hydrogens (tertiary/aromatic N) is 3. The van der Waals surface area contributed by atoms with E-state index in [-0.39, 0.29) is 0 Å². The van der Waals surface area contributed by atoms with Crippen molar-refractivity contribution in [2.75, 3.05) is 14.7 Å². The van der Waals surface area contributed by atoms with Crippen LogP contribution in [0.1, 0.15) is 0 Å². The summed E-state index contributed by atoms with van der Waals surface area (Å²) in [5, 5.41) is 0. The van der Waals surface area contributed by atoms with Gasteiger partial charge in [0.05, 0.1) is 11.4 Å². The summed E-state index contributed by atoms with van der Waals surface area (Å²) in [5.41, 5.74) is 38.8. The fourth-order valence-corrected chi connectivity index (χ4v) is 17.1. The van der Waals surface area contributed by atoms with Gasteiger partial charge in [-0.15, -0.1) is 0 Å². The zero-order valence-corrected chi connectivity index (χ0v) is 71.5. The van der Waals surface area contributed by atoms with Crippen molar-refractivity contribution in [2.24, 2.45) is 0 Å². The zero-order valence-electron chi connectivity index (χ0n) is 71.5. The minimum Gasteiger partial charge on any atom is -0.311 e. The summed E-state index contributed by atoms with van der Waals surface area (Å²) in [6, 6.07) is 201. The van der Waals surface area contributed by atoms with Gasteiger partial charge >= 0.3 is 0 Å². The van der Waals surface area contributed by atoms with Crippen molar-refractivity contribution in [1.29, 1.82) is 0 Å². The summed E-state index contributed by atoms with van der Waals surface area (Å²) < 4.78 is 0. The normalized spacial score (nSPS) is 10.8. The molecule has 0 saturated carbocycles. The van der Waals surface area contributed by atoms with E-state index in [0.717, 1.165) is 51.2 Å². The summed E-state index contributed by atoms with van der Waals surface area (Å²) in [5.74, 6) is 0. The number of para-hydroxylation sites is 1. The predicted octanol–water partition coefficient (Wildman–Crippen LogP) is 35.5. The Morgan fingerprint density at radius 2 is 0.264 bits per heavy atom. The van der Waals surface area contributed by atoms with Crippen LogP contribution in [0.5, 0.6) is 0 Å². The van der Waals surface area contributed by atoms with E-state index in [1.807, 2.05) is 0 Å². The van der Waals surface area contributed by atoms with Gasteiger partial charge < -0.3 is 14.7 Å². The third-order valence-corrected chi connectivity index (χ3v) is 23.7. The van der Waals surface area contributed by atoms with Crippen LogP contribution in [-0.4, -0.2) is 0 Å². The van der Waals surface area contributed by atoms with E-state index < -0.39 is 0 Å². The van der Waals surface area contributed by atoms with Crippen molar-refractivity contribution >= 4 is 51.2 Å². The van der Waals surface area contributed by atoms with Crippen LogP contribution >= 0.6 is 0 Å². The average molecular weight is 1650 g/mol. The molecule has 0 heterocycles. The number of benzene rings is 21. The van der Waals surface area contributed by atoms with Crippen LogP contribution in [0.4, 0.5) is 51.2 Å². The fraction of sp³-hybridized carbons (Fsp3) is 0. The molecule has 0 fully saturated rings. The highest BCUT2D eigenvalue weighted by Gasteiger charge is 2.25. The van der Waals surface area contributed by atoms with Gasteiger partial charge in [-0.25, -0.2) is 0 Å². The molecule has 0 N–H and O–H groups in total. The Morgan fingerprint density at radius 1 is 0.0930 bits per heavy atom. The lowest BCUT2D eigenvalue weighted by Gasteiger charge is -2.31. The van der Waals surface area contributed by atoms with Crippen LogP contribution in [0, 0.1) is 0 Å². The van der Waals surface area contributed by atoms with Gasteiger partial charge in [-0.2, -0.15) is 0 Å². The van der Waals surface area contributed by atoms with Crippen LogP contribution in [-0.2, 0) is 0 Å². The Kier molecular flexibility index (Phi) is 25.1. The number of hydrogen-bond acceptors (Lipinski definition) is 3. The molecule has 21 rings (SSSR count). The van der Waals surface area contributed by atoms with Crippen molar-refractivity contribution in [1.82, 2.24) is 0 Å². The van der Waals surface area contributed by atoms with E-state index in [0.29, 0.717) is 0 Å². The minimum atomic E-state index is 1.09. The van der Waals surface area contributed by atoms with E-state index in [2.05, 4.69) is 579 Å². The lowest BCUT2D eigenvalue weighted by molar-refractivity contribution is 1.28. The molecule has 21 aromatic carbocycles. The number of hydrogen-bond donors (Lipinski definition) is 0. The molecule has 0 spiro atoms. The Morgan fingerprint density at radius 3 is 0.519 bits per heavy atom. The van der Waals surface area contributed by atoms with E-state index in [4.69, 9.17) is 0 Å². The monoisotopic (exact) mass is 1650 g/mol.